The van der Waals surface area contributed by atoms with Gasteiger partial charge < -0.3 is 15.3 Å². The molecule has 2 rings (SSSR count). The molecule has 1 aliphatic rings. The molecule has 1 fully saturated rings. The maximum absolute atomic E-state index is 9.99. The molecule has 3 nitrogen and oxygen atoms in total. The Morgan fingerprint density at radius 2 is 1.94 bits per heavy atom. The molecule has 2 N–H and O–H groups in total. The fourth-order valence-electron chi connectivity index (χ4n) is 2.41. The number of hydrogen-bond acceptors (Lipinski definition) is 3. The van der Waals surface area contributed by atoms with E-state index in [0.29, 0.717) is 6.54 Å². The molecule has 0 amide bonds. The van der Waals surface area contributed by atoms with Gasteiger partial charge in [0.05, 0.1) is 6.10 Å². The second-order valence-corrected chi connectivity index (χ2v) is 5.34. The van der Waals surface area contributed by atoms with Crippen molar-refractivity contribution in [2.24, 2.45) is 0 Å². The van der Waals surface area contributed by atoms with Crippen LogP contribution in [0.1, 0.15) is 24.0 Å². The van der Waals surface area contributed by atoms with Crippen molar-refractivity contribution >= 4 is 5.69 Å². The van der Waals surface area contributed by atoms with Crippen molar-refractivity contribution in [3.05, 3.63) is 29.3 Å². The van der Waals surface area contributed by atoms with Gasteiger partial charge in [0.15, 0.2) is 0 Å². The maximum atomic E-state index is 9.99. The number of aliphatic hydroxyl groups excluding tert-OH is 1. The van der Waals surface area contributed by atoms with E-state index in [1.54, 1.807) is 0 Å². The third-order valence-corrected chi connectivity index (χ3v) is 3.72. The molecule has 0 aliphatic carbocycles. The monoisotopic (exact) mass is 248 g/mol. The standard InChI is InChI=1S/C15H24N2O/c1-12-5-6-14(9-13(12)2)16-10-15(18)11-17-7-3-4-8-17/h5-6,9,15-16,18H,3-4,7-8,10-11H2,1-2H3. The first kappa shape index (κ1) is 13.4. The summed E-state index contributed by atoms with van der Waals surface area (Å²) in [7, 11) is 0. The van der Waals surface area contributed by atoms with E-state index in [9.17, 15) is 5.11 Å². The van der Waals surface area contributed by atoms with Crippen LogP contribution >= 0.6 is 0 Å². The molecule has 0 radical (unpaired) electrons. The van der Waals surface area contributed by atoms with E-state index in [0.717, 1.165) is 25.3 Å². The predicted molar refractivity (Wildman–Crippen MR) is 76.1 cm³/mol. The van der Waals surface area contributed by atoms with Crippen LogP contribution < -0.4 is 5.32 Å². The zero-order valence-electron chi connectivity index (χ0n) is 11.4. The van der Waals surface area contributed by atoms with E-state index in [-0.39, 0.29) is 6.10 Å². The summed E-state index contributed by atoms with van der Waals surface area (Å²) in [5.74, 6) is 0. The number of likely N-dealkylation sites (tertiary alicyclic amines) is 1. The lowest BCUT2D eigenvalue weighted by molar-refractivity contribution is 0.135. The van der Waals surface area contributed by atoms with Gasteiger partial charge in [-0.1, -0.05) is 6.07 Å². The summed E-state index contributed by atoms with van der Waals surface area (Å²) in [6.07, 6.45) is 2.26. The Labute approximate surface area is 110 Å². The van der Waals surface area contributed by atoms with Gasteiger partial charge in [-0.05, 0) is 63.0 Å². The molecule has 0 bridgehead atoms. The number of anilines is 1. The molecular formula is C15H24N2O. The van der Waals surface area contributed by atoms with Crippen molar-refractivity contribution in [2.75, 3.05) is 31.5 Å². The van der Waals surface area contributed by atoms with Gasteiger partial charge in [-0.3, -0.25) is 0 Å². The molecule has 3 heteroatoms. The average Bonchev–Trinajstić information content (AvgIpc) is 2.83. The zero-order valence-corrected chi connectivity index (χ0v) is 11.4. The summed E-state index contributed by atoms with van der Waals surface area (Å²) >= 11 is 0. The smallest absolute Gasteiger partial charge is 0.0839 e. The number of rotatable bonds is 5. The number of benzene rings is 1. The summed E-state index contributed by atoms with van der Waals surface area (Å²) in [6.45, 7) is 7.92. The number of aryl methyl sites for hydroxylation is 2. The molecule has 1 saturated heterocycles. The summed E-state index contributed by atoms with van der Waals surface area (Å²) in [5, 5.41) is 13.3. The van der Waals surface area contributed by atoms with Crippen molar-refractivity contribution in [3.8, 4) is 0 Å². The topological polar surface area (TPSA) is 35.5 Å². The number of hydrogen-bond donors (Lipinski definition) is 2. The Bertz CT molecular complexity index is 386. The normalized spacial score (nSPS) is 17.9. The van der Waals surface area contributed by atoms with Gasteiger partial charge in [0.1, 0.15) is 0 Å². The molecular weight excluding hydrogens is 224 g/mol. The third kappa shape index (κ3) is 3.72. The molecule has 1 aliphatic heterocycles. The predicted octanol–water partition coefficient (Wildman–Crippen LogP) is 2.17. The van der Waals surface area contributed by atoms with Gasteiger partial charge in [0, 0.05) is 18.8 Å². The molecule has 0 spiro atoms. The van der Waals surface area contributed by atoms with E-state index in [4.69, 9.17) is 0 Å². The first-order valence-electron chi connectivity index (χ1n) is 6.86. The molecule has 1 heterocycles. The van der Waals surface area contributed by atoms with E-state index < -0.39 is 0 Å². The van der Waals surface area contributed by atoms with Crippen LogP contribution in [0.15, 0.2) is 18.2 Å². The SMILES string of the molecule is Cc1ccc(NCC(O)CN2CCCC2)cc1C. The molecule has 0 saturated carbocycles. The molecule has 100 valence electrons. The lowest BCUT2D eigenvalue weighted by atomic mass is 10.1. The summed E-state index contributed by atoms with van der Waals surface area (Å²) in [6, 6.07) is 6.33. The summed E-state index contributed by atoms with van der Waals surface area (Å²) in [5.41, 5.74) is 3.69. The number of nitrogens with one attached hydrogen (secondary N) is 1. The van der Waals surface area contributed by atoms with Crippen molar-refractivity contribution in [1.82, 2.24) is 4.90 Å². The average molecular weight is 248 g/mol. The molecule has 1 aromatic rings. The third-order valence-electron chi connectivity index (χ3n) is 3.72. The fraction of sp³-hybridized carbons (Fsp3) is 0.600. The van der Waals surface area contributed by atoms with E-state index in [1.807, 2.05) is 0 Å². The second-order valence-electron chi connectivity index (χ2n) is 5.34. The van der Waals surface area contributed by atoms with E-state index in [1.165, 1.54) is 24.0 Å². The van der Waals surface area contributed by atoms with Crippen LogP contribution in [0.25, 0.3) is 0 Å². The van der Waals surface area contributed by atoms with Crippen LogP contribution in [0.4, 0.5) is 5.69 Å². The molecule has 0 aromatic heterocycles. The Balaban J connectivity index is 1.77. The highest BCUT2D eigenvalue weighted by Crippen LogP contribution is 2.14. The number of nitrogens with zero attached hydrogens (tertiary/aromatic N) is 1. The zero-order chi connectivity index (χ0) is 13.0. The van der Waals surface area contributed by atoms with Crippen molar-refractivity contribution in [1.29, 1.82) is 0 Å². The minimum absolute atomic E-state index is 0.287. The second kappa shape index (κ2) is 6.21. The van der Waals surface area contributed by atoms with Crippen LogP contribution in [0.2, 0.25) is 0 Å². The van der Waals surface area contributed by atoms with Gasteiger partial charge in [-0.15, -0.1) is 0 Å². The van der Waals surface area contributed by atoms with Crippen LogP contribution in [0, 0.1) is 13.8 Å². The highest BCUT2D eigenvalue weighted by atomic mass is 16.3. The number of aliphatic hydroxyl groups is 1. The van der Waals surface area contributed by atoms with Gasteiger partial charge in [-0.25, -0.2) is 0 Å². The van der Waals surface area contributed by atoms with Gasteiger partial charge in [-0.2, -0.15) is 0 Å². The van der Waals surface area contributed by atoms with Crippen LogP contribution in [-0.4, -0.2) is 42.3 Å². The van der Waals surface area contributed by atoms with Gasteiger partial charge in [0.25, 0.3) is 0 Å². The first-order chi connectivity index (χ1) is 8.65. The summed E-state index contributed by atoms with van der Waals surface area (Å²) in [4.78, 5) is 2.34. The quantitative estimate of drug-likeness (QED) is 0.838. The lowest BCUT2D eigenvalue weighted by Gasteiger charge is -2.20. The highest BCUT2D eigenvalue weighted by Gasteiger charge is 2.15. The van der Waals surface area contributed by atoms with Crippen LogP contribution in [0.5, 0.6) is 0 Å². The van der Waals surface area contributed by atoms with Gasteiger partial charge >= 0.3 is 0 Å². The molecule has 1 atom stereocenters. The largest absolute Gasteiger partial charge is 0.390 e. The lowest BCUT2D eigenvalue weighted by Crippen LogP contribution is -2.34. The van der Waals surface area contributed by atoms with Crippen molar-refractivity contribution in [3.63, 3.8) is 0 Å². The Hall–Kier alpha value is -1.06. The number of β-amino-alcohol motifs (C(OH)–C–C–N with tert-alkyl or cyclic N) is 1. The minimum Gasteiger partial charge on any atom is -0.390 e. The maximum Gasteiger partial charge on any atom is 0.0839 e. The molecule has 1 unspecified atom stereocenters. The first-order valence-corrected chi connectivity index (χ1v) is 6.86. The van der Waals surface area contributed by atoms with Crippen molar-refractivity contribution in [2.45, 2.75) is 32.8 Å². The Kier molecular flexibility index (Phi) is 4.61. The van der Waals surface area contributed by atoms with Gasteiger partial charge in [0.2, 0.25) is 0 Å². The van der Waals surface area contributed by atoms with Crippen LogP contribution in [-0.2, 0) is 0 Å². The Morgan fingerprint density at radius 1 is 1.22 bits per heavy atom. The van der Waals surface area contributed by atoms with E-state index >= 15 is 0 Å². The summed E-state index contributed by atoms with van der Waals surface area (Å²) < 4.78 is 0. The van der Waals surface area contributed by atoms with Crippen molar-refractivity contribution < 1.29 is 5.11 Å². The Morgan fingerprint density at radius 3 is 2.61 bits per heavy atom. The highest BCUT2D eigenvalue weighted by molar-refractivity contribution is 5.48. The van der Waals surface area contributed by atoms with E-state index in [2.05, 4.69) is 42.3 Å². The van der Waals surface area contributed by atoms with Crippen LogP contribution in [0.3, 0.4) is 0 Å². The molecule has 18 heavy (non-hydrogen) atoms. The minimum atomic E-state index is -0.287. The fourth-order valence-corrected chi connectivity index (χ4v) is 2.41. The molecule has 1 aromatic carbocycles.